The van der Waals surface area contributed by atoms with Gasteiger partial charge >= 0.3 is 0 Å². The van der Waals surface area contributed by atoms with E-state index in [0.29, 0.717) is 18.8 Å². The molecule has 1 aliphatic rings. The summed E-state index contributed by atoms with van der Waals surface area (Å²) >= 11 is 0. The lowest BCUT2D eigenvalue weighted by molar-refractivity contribution is 0.0948. The standard InChI is InChI=1S/C18H22N4O3S/c23-18(19-9-4-7-14-5-2-1-3-6-14)16-11-17(21-13-20-16)22-15-8-10-26(24,25)12-15/h1-3,5-6,11,13,15H,4,7-10,12H2,(H,19,23)(H,20,21,22). The summed E-state index contributed by atoms with van der Waals surface area (Å²) in [7, 11) is -2.97. The summed E-state index contributed by atoms with van der Waals surface area (Å²) in [6.45, 7) is 0.557. The molecular formula is C18H22N4O3S. The van der Waals surface area contributed by atoms with E-state index in [2.05, 4.69) is 32.7 Å². The first-order valence-corrected chi connectivity index (χ1v) is 10.5. The second kappa shape index (κ2) is 8.27. The van der Waals surface area contributed by atoms with E-state index in [9.17, 15) is 13.2 Å². The molecule has 1 atom stereocenters. The number of carbonyl (C=O) groups is 1. The smallest absolute Gasteiger partial charge is 0.270 e. The minimum atomic E-state index is -2.97. The third-order valence-electron chi connectivity index (χ3n) is 4.25. The molecule has 1 amide bonds. The number of aromatic nitrogens is 2. The van der Waals surface area contributed by atoms with Crippen LogP contribution in [0.4, 0.5) is 5.82 Å². The van der Waals surface area contributed by atoms with E-state index in [1.807, 2.05) is 18.2 Å². The number of rotatable bonds is 7. The minimum absolute atomic E-state index is 0.0953. The van der Waals surface area contributed by atoms with Crippen LogP contribution in [0.1, 0.15) is 28.9 Å². The molecule has 1 aliphatic heterocycles. The highest BCUT2D eigenvalue weighted by Gasteiger charge is 2.28. The molecular weight excluding hydrogens is 352 g/mol. The SMILES string of the molecule is O=C(NCCCc1ccccc1)c1cc(NC2CCS(=O)(=O)C2)ncn1. The van der Waals surface area contributed by atoms with Gasteiger partial charge < -0.3 is 10.6 Å². The van der Waals surface area contributed by atoms with E-state index in [-0.39, 0.29) is 29.1 Å². The van der Waals surface area contributed by atoms with Gasteiger partial charge in [-0.05, 0) is 24.8 Å². The van der Waals surface area contributed by atoms with Gasteiger partial charge in [0.2, 0.25) is 0 Å². The van der Waals surface area contributed by atoms with Crippen molar-refractivity contribution in [2.45, 2.75) is 25.3 Å². The molecule has 2 heterocycles. The van der Waals surface area contributed by atoms with Crippen molar-refractivity contribution >= 4 is 21.6 Å². The van der Waals surface area contributed by atoms with Crippen molar-refractivity contribution in [3.05, 3.63) is 54.0 Å². The van der Waals surface area contributed by atoms with E-state index < -0.39 is 9.84 Å². The number of amides is 1. The highest BCUT2D eigenvalue weighted by Crippen LogP contribution is 2.16. The maximum Gasteiger partial charge on any atom is 0.270 e. The number of nitrogens with one attached hydrogen (secondary N) is 2. The van der Waals surface area contributed by atoms with Crippen molar-refractivity contribution < 1.29 is 13.2 Å². The van der Waals surface area contributed by atoms with Crippen molar-refractivity contribution in [1.82, 2.24) is 15.3 Å². The van der Waals surface area contributed by atoms with Crippen LogP contribution in [0.3, 0.4) is 0 Å². The number of nitrogens with zero attached hydrogens (tertiary/aromatic N) is 2. The summed E-state index contributed by atoms with van der Waals surface area (Å²) < 4.78 is 23.0. The number of benzene rings is 1. The highest BCUT2D eigenvalue weighted by atomic mass is 32.2. The zero-order valence-electron chi connectivity index (χ0n) is 14.4. The average molecular weight is 374 g/mol. The van der Waals surface area contributed by atoms with Crippen LogP contribution in [0.5, 0.6) is 0 Å². The molecule has 2 N–H and O–H groups in total. The van der Waals surface area contributed by atoms with Crippen LogP contribution >= 0.6 is 0 Å². The van der Waals surface area contributed by atoms with E-state index in [1.54, 1.807) is 6.07 Å². The molecule has 7 nitrogen and oxygen atoms in total. The second-order valence-electron chi connectivity index (χ2n) is 6.38. The molecule has 138 valence electrons. The van der Waals surface area contributed by atoms with Crippen molar-refractivity contribution in [3.63, 3.8) is 0 Å². The number of sulfone groups is 1. The van der Waals surface area contributed by atoms with E-state index >= 15 is 0 Å². The Kier molecular flexibility index (Phi) is 5.82. The first-order valence-electron chi connectivity index (χ1n) is 8.63. The third kappa shape index (κ3) is 5.26. The van der Waals surface area contributed by atoms with Gasteiger partial charge in [-0.15, -0.1) is 0 Å². The van der Waals surface area contributed by atoms with Crippen LogP contribution in [0, 0.1) is 0 Å². The minimum Gasteiger partial charge on any atom is -0.366 e. The molecule has 3 rings (SSSR count). The van der Waals surface area contributed by atoms with Crippen molar-refractivity contribution in [3.8, 4) is 0 Å². The van der Waals surface area contributed by atoms with Crippen LogP contribution in [0.25, 0.3) is 0 Å². The van der Waals surface area contributed by atoms with Gasteiger partial charge in [0.15, 0.2) is 9.84 Å². The molecule has 1 saturated heterocycles. The molecule has 0 saturated carbocycles. The fourth-order valence-electron chi connectivity index (χ4n) is 2.91. The molecule has 0 bridgehead atoms. The van der Waals surface area contributed by atoms with E-state index in [0.717, 1.165) is 12.8 Å². The van der Waals surface area contributed by atoms with Crippen LogP contribution in [-0.2, 0) is 16.3 Å². The third-order valence-corrected chi connectivity index (χ3v) is 6.02. The lowest BCUT2D eigenvalue weighted by atomic mass is 10.1. The van der Waals surface area contributed by atoms with Gasteiger partial charge in [0.1, 0.15) is 17.8 Å². The summed E-state index contributed by atoms with van der Waals surface area (Å²) in [5.74, 6) is 0.488. The Bertz CT molecular complexity index is 856. The van der Waals surface area contributed by atoms with E-state index in [4.69, 9.17) is 0 Å². The molecule has 0 radical (unpaired) electrons. The summed E-state index contributed by atoms with van der Waals surface area (Å²) in [5.41, 5.74) is 1.50. The second-order valence-corrected chi connectivity index (χ2v) is 8.61. The lowest BCUT2D eigenvalue weighted by Gasteiger charge is -2.12. The van der Waals surface area contributed by atoms with Crippen LogP contribution in [0.15, 0.2) is 42.7 Å². The van der Waals surface area contributed by atoms with Crippen LogP contribution in [-0.4, -0.2) is 48.4 Å². The van der Waals surface area contributed by atoms with Gasteiger partial charge in [-0.3, -0.25) is 4.79 Å². The Morgan fingerprint density at radius 2 is 2.00 bits per heavy atom. The molecule has 0 aliphatic carbocycles. The van der Waals surface area contributed by atoms with Gasteiger partial charge in [-0.25, -0.2) is 18.4 Å². The molecule has 1 aromatic carbocycles. The Labute approximate surface area is 153 Å². The molecule has 1 fully saturated rings. The van der Waals surface area contributed by atoms with Crippen LogP contribution < -0.4 is 10.6 Å². The first-order chi connectivity index (χ1) is 12.5. The van der Waals surface area contributed by atoms with Crippen molar-refractivity contribution in [2.75, 3.05) is 23.4 Å². The van der Waals surface area contributed by atoms with Gasteiger partial charge in [0.25, 0.3) is 5.91 Å². The monoisotopic (exact) mass is 374 g/mol. The van der Waals surface area contributed by atoms with Gasteiger partial charge in [0.05, 0.1) is 11.5 Å². The number of aryl methyl sites for hydroxylation is 1. The molecule has 26 heavy (non-hydrogen) atoms. The normalized spacial score (nSPS) is 18.4. The topological polar surface area (TPSA) is 101 Å². The Morgan fingerprint density at radius 1 is 1.19 bits per heavy atom. The fourth-order valence-corrected chi connectivity index (χ4v) is 4.58. The molecule has 1 unspecified atom stereocenters. The molecule has 8 heteroatoms. The Hall–Kier alpha value is -2.48. The molecule has 2 aromatic rings. The number of hydrogen-bond acceptors (Lipinski definition) is 6. The number of anilines is 1. The quantitative estimate of drug-likeness (QED) is 0.711. The lowest BCUT2D eigenvalue weighted by Crippen LogP contribution is -2.26. The summed E-state index contributed by atoms with van der Waals surface area (Å²) in [5, 5.41) is 5.92. The Morgan fingerprint density at radius 3 is 2.73 bits per heavy atom. The van der Waals surface area contributed by atoms with Gasteiger partial charge in [-0.1, -0.05) is 30.3 Å². The first kappa shape index (κ1) is 18.3. The summed E-state index contributed by atoms with van der Waals surface area (Å²) in [6.07, 6.45) is 3.59. The predicted octanol–water partition coefficient (Wildman–Crippen LogP) is 1.44. The summed E-state index contributed by atoms with van der Waals surface area (Å²) in [4.78, 5) is 20.3. The zero-order valence-corrected chi connectivity index (χ0v) is 15.2. The van der Waals surface area contributed by atoms with Crippen molar-refractivity contribution in [1.29, 1.82) is 0 Å². The molecule has 1 aromatic heterocycles. The fraction of sp³-hybridized carbons (Fsp3) is 0.389. The average Bonchev–Trinajstić information content (AvgIpc) is 2.98. The Balaban J connectivity index is 1.48. The zero-order chi connectivity index (χ0) is 18.4. The summed E-state index contributed by atoms with van der Waals surface area (Å²) in [6, 6.07) is 11.5. The van der Waals surface area contributed by atoms with Crippen LogP contribution in [0.2, 0.25) is 0 Å². The highest BCUT2D eigenvalue weighted by molar-refractivity contribution is 7.91. The van der Waals surface area contributed by atoms with Gasteiger partial charge in [-0.2, -0.15) is 0 Å². The molecule has 0 spiro atoms. The number of hydrogen-bond donors (Lipinski definition) is 2. The van der Waals surface area contributed by atoms with Gasteiger partial charge in [0, 0.05) is 18.7 Å². The van der Waals surface area contributed by atoms with Crippen molar-refractivity contribution in [2.24, 2.45) is 0 Å². The maximum absolute atomic E-state index is 12.2. The predicted molar refractivity (Wildman–Crippen MR) is 99.8 cm³/mol. The largest absolute Gasteiger partial charge is 0.366 e. The van der Waals surface area contributed by atoms with E-state index in [1.165, 1.54) is 11.9 Å². The number of carbonyl (C=O) groups excluding carboxylic acids is 1. The maximum atomic E-state index is 12.2.